The zero-order valence-corrected chi connectivity index (χ0v) is 23.2. The van der Waals surface area contributed by atoms with Gasteiger partial charge in [0.1, 0.15) is 12.4 Å². The van der Waals surface area contributed by atoms with Gasteiger partial charge in [-0.05, 0) is 67.6 Å². The highest BCUT2D eigenvalue weighted by atomic mass is 16.5. The summed E-state index contributed by atoms with van der Waals surface area (Å²) in [5, 5.41) is 26.1. The molecule has 4 N–H and O–H groups in total. The van der Waals surface area contributed by atoms with Gasteiger partial charge in [-0.1, -0.05) is 37.5 Å². The molecule has 0 saturated carbocycles. The van der Waals surface area contributed by atoms with Crippen molar-refractivity contribution < 1.29 is 34.1 Å². The Kier molecular flexibility index (Phi) is 12.9. The fourth-order valence-corrected chi connectivity index (χ4v) is 4.46. The van der Waals surface area contributed by atoms with Crippen molar-refractivity contribution in [3.8, 4) is 5.75 Å². The number of hydrogen-bond donors (Lipinski definition) is 4. The molecule has 0 aromatic heterocycles. The van der Waals surface area contributed by atoms with E-state index in [2.05, 4.69) is 10.6 Å². The number of imide groups is 1. The van der Waals surface area contributed by atoms with E-state index < -0.39 is 12.1 Å². The van der Waals surface area contributed by atoms with Gasteiger partial charge in [-0.2, -0.15) is 0 Å². The monoisotopic (exact) mass is 555 g/mol. The standard InChI is InChI=1S/C30H41N3O7/c1-22(34)40-21-25-18-24(12-13-27(25)35)28(36)19-31-14-5-3-2-4-6-15-39-16-8-10-23-9-7-11-26(17-23)33-29(37)20-32-30(33)38/h7,9,11-13,17-18,28,31,35-36H,2-6,8,10,14-16,19-21H2,1H3,(H,32,38)/t28-/m0/s1. The van der Waals surface area contributed by atoms with Gasteiger partial charge in [0.15, 0.2) is 0 Å². The van der Waals surface area contributed by atoms with Gasteiger partial charge < -0.3 is 30.3 Å². The number of phenols is 1. The Morgan fingerprint density at radius 2 is 1.82 bits per heavy atom. The summed E-state index contributed by atoms with van der Waals surface area (Å²) in [4.78, 5) is 35.9. The summed E-state index contributed by atoms with van der Waals surface area (Å²) in [5.41, 5.74) is 2.80. The Morgan fingerprint density at radius 3 is 2.60 bits per heavy atom. The summed E-state index contributed by atoms with van der Waals surface area (Å²) in [7, 11) is 0. The van der Waals surface area contributed by atoms with Crippen LogP contribution in [0.25, 0.3) is 0 Å². The van der Waals surface area contributed by atoms with Crippen LogP contribution < -0.4 is 15.5 Å². The number of urea groups is 1. The van der Waals surface area contributed by atoms with Gasteiger partial charge >= 0.3 is 12.0 Å². The van der Waals surface area contributed by atoms with Crippen molar-refractivity contribution in [2.75, 3.05) is 37.7 Å². The Morgan fingerprint density at radius 1 is 1.05 bits per heavy atom. The summed E-state index contributed by atoms with van der Waals surface area (Å²) in [5.74, 6) is -0.628. The summed E-state index contributed by atoms with van der Waals surface area (Å²) in [6.07, 6.45) is 6.35. The van der Waals surface area contributed by atoms with Crippen LogP contribution in [-0.2, 0) is 32.1 Å². The van der Waals surface area contributed by atoms with Crippen LogP contribution in [0.1, 0.15) is 68.2 Å². The Bertz CT molecular complexity index is 1110. The molecule has 3 amide bonds. The molecule has 0 radical (unpaired) electrons. The molecule has 1 aliphatic heterocycles. The quantitative estimate of drug-likeness (QED) is 0.124. The average Bonchev–Trinajstić information content (AvgIpc) is 3.28. The number of phenolic OH excluding ortho intramolecular Hbond substituents is 1. The lowest BCUT2D eigenvalue weighted by molar-refractivity contribution is -0.142. The number of aryl methyl sites for hydroxylation is 1. The normalized spacial score (nSPS) is 13.9. The minimum absolute atomic E-state index is 0.0278. The third-order valence-corrected chi connectivity index (χ3v) is 6.67. The van der Waals surface area contributed by atoms with E-state index in [1.807, 2.05) is 18.2 Å². The molecule has 2 aromatic rings. The SMILES string of the molecule is CC(=O)OCc1cc([C@@H](O)CNCCCCCCCOCCCc2cccc(N3C(=O)CNC3=O)c2)ccc1O. The molecule has 1 aliphatic rings. The van der Waals surface area contributed by atoms with E-state index in [9.17, 15) is 24.6 Å². The topological polar surface area (TPSA) is 137 Å². The third-order valence-electron chi connectivity index (χ3n) is 6.67. The number of anilines is 1. The largest absolute Gasteiger partial charge is 0.508 e. The third kappa shape index (κ3) is 10.3. The first-order valence-corrected chi connectivity index (χ1v) is 14.0. The molecule has 0 aliphatic carbocycles. The number of ether oxygens (including phenoxy) is 2. The van der Waals surface area contributed by atoms with E-state index >= 15 is 0 Å². The van der Waals surface area contributed by atoms with Crippen molar-refractivity contribution in [2.45, 2.75) is 64.6 Å². The number of nitrogens with one attached hydrogen (secondary N) is 2. The maximum Gasteiger partial charge on any atom is 0.329 e. The molecule has 3 rings (SSSR count). The number of amides is 3. The van der Waals surface area contributed by atoms with Gasteiger partial charge in [0.05, 0.1) is 18.3 Å². The predicted octanol–water partition coefficient (Wildman–Crippen LogP) is 3.73. The first-order chi connectivity index (χ1) is 19.3. The van der Waals surface area contributed by atoms with Gasteiger partial charge in [-0.15, -0.1) is 0 Å². The molecule has 2 aromatic carbocycles. The van der Waals surface area contributed by atoms with Crippen molar-refractivity contribution >= 4 is 23.6 Å². The lowest BCUT2D eigenvalue weighted by Crippen LogP contribution is -2.30. The Balaban J connectivity index is 1.17. The lowest BCUT2D eigenvalue weighted by atomic mass is 10.1. The van der Waals surface area contributed by atoms with E-state index in [-0.39, 0.29) is 30.8 Å². The van der Waals surface area contributed by atoms with Crippen LogP contribution >= 0.6 is 0 Å². The smallest absolute Gasteiger partial charge is 0.329 e. The molecular formula is C30H41N3O7. The maximum atomic E-state index is 11.9. The van der Waals surface area contributed by atoms with Gasteiger partial charge in [-0.3, -0.25) is 9.59 Å². The number of aliphatic hydroxyl groups excluding tert-OH is 1. The Labute approximate surface area is 235 Å². The van der Waals surface area contributed by atoms with Crippen LogP contribution in [0.3, 0.4) is 0 Å². The van der Waals surface area contributed by atoms with Gasteiger partial charge in [0.2, 0.25) is 0 Å². The number of aromatic hydroxyl groups is 1. The maximum absolute atomic E-state index is 11.9. The van der Waals surface area contributed by atoms with Crippen LogP contribution in [-0.4, -0.2) is 61.0 Å². The first-order valence-electron chi connectivity index (χ1n) is 14.0. The summed E-state index contributed by atoms with van der Waals surface area (Å²) in [6, 6.07) is 12.0. The molecule has 1 fully saturated rings. The number of aliphatic hydroxyl groups is 1. The van der Waals surface area contributed by atoms with Crippen LogP contribution in [0, 0.1) is 0 Å². The predicted molar refractivity (Wildman–Crippen MR) is 151 cm³/mol. The van der Waals surface area contributed by atoms with E-state index in [0.717, 1.165) is 63.7 Å². The van der Waals surface area contributed by atoms with Crippen molar-refractivity contribution in [3.05, 3.63) is 59.2 Å². The average molecular weight is 556 g/mol. The molecule has 1 saturated heterocycles. The Hall–Kier alpha value is -3.47. The van der Waals surface area contributed by atoms with Crippen molar-refractivity contribution in [2.24, 2.45) is 0 Å². The van der Waals surface area contributed by atoms with Crippen molar-refractivity contribution in [3.63, 3.8) is 0 Å². The number of hydrogen-bond acceptors (Lipinski definition) is 8. The zero-order chi connectivity index (χ0) is 28.7. The van der Waals surface area contributed by atoms with Crippen LogP contribution in [0.15, 0.2) is 42.5 Å². The molecule has 0 spiro atoms. The number of carbonyl (C=O) groups excluding carboxylic acids is 3. The zero-order valence-electron chi connectivity index (χ0n) is 23.2. The minimum atomic E-state index is -0.714. The number of benzene rings is 2. The van der Waals surface area contributed by atoms with Crippen LogP contribution in [0.4, 0.5) is 10.5 Å². The molecule has 10 nitrogen and oxygen atoms in total. The summed E-state index contributed by atoms with van der Waals surface area (Å²) in [6.45, 7) is 3.95. The van der Waals surface area contributed by atoms with E-state index in [0.29, 0.717) is 30.0 Å². The molecule has 1 atom stereocenters. The highest BCUT2D eigenvalue weighted by Gasteiger charge is 2.29. The molecule has 218 valence electrons. The number of carbonyl (C=O) groups is 3. The molecule has 1 heterocycles. The molecule has 10 heteroatoms. The second-order valence-electron chi connectivity index (χ2n) is 9.93. The van der Waals surface area contributed by atoms with E-state index in [1.54, 1.807) is 18.2 Å². The van der Waals surface area contributed by atoms with E-state index in [1.165, 1.54) is 17.9 Å². The summed E-state index contributed by atoms with van der Waals surface area (Å²) < 4.78 is 10.7. The van der Waals surface area contributed by atoms with Gasteiger partial charge in [0, 0.05) is 32.2 Å². The van der Waals surface area contributed by atoms with Crippen LogP contribution in [0.5, 0.6) is 5.75 Å². The highest BCUT2D eigenvalue weighted by Crippen LogP contribution is 2.23. The molecule has 40 heavy (non-hydrogen) atoms. The number of unbranched alkanes of at least 4 members (excludes halogenated alkanes) is 4. The lowest BCUT2D eigenvalue weighted by Gasteiger charge is -2.14. The molecule has 0 bridgehead atoms. The fraction of sp³-hybridized carbons (Fsp3) is 0.500. The second-order valence-corrected chi connectivity index (χ2v) is 9.93. The minimum Gasteiger partial charge on any atom is -0.508 e. The molecule has 0 unspecified atom stereocenters. The van der Waals surface area contributed by atoms with Gasteiger partial charge in [0.25, 0.3) is 5.91 Å². The number of nitrogens with zero attached hydrogens (tertiary/aromatic N) is 1. The van der Waals surface area contributed by atoms with E-state index in [4.69, 9.17) is 9.47 Å². The van der Waals surface area contributed by atoms with Crippen LogP contribution in [0.2, 0.25) is 0 Å². The second kappa shape index (κ2) is 16.6. The fourth-order valence-electron chi connectivity index (χ4n) is 4.46. The first kappa shape index (κ1) is 31.1. The number of esters is 1. The summed E-state index contributed by atoms with van der Waals surface area (Å²) >= 11 is 0. The van der Waals surface area contributed by atoms with Crippen molar-refractivity contribution in [1.29, 1.82) is 0 Å². The van der Waals surface area contributed by atoms with Crippen molar-refractivity contribution in [1.82, 2.24) is 10.6 Å². The number of rotatable bonds is 18. The molecular weight excluding hydrogens is 514 g/mol. The highest BCUT2D eigenvalue weighted by molar-refractivity contribution is 6.19. The van der Waals surface area contributed by atoms with Gasteiger partial charge in [-0.25, -0.2) is 9.69 Å².